The monoisotopic (exact) mass is 273 g/mol. The number of rotatable bonds is 2. The Kier molecular flexibility index (Phi) is 2.81. The van der Waals surface area contributed by atoms with Gasteiger partial charge in [0.2, 0.25) is 0 Å². The van der Waals surface area contributed by atoms with E-state index in [4.69, 9.17) is 0 Å². The first-order valence-electron chi connectivity index (χ1n) is 7.22. The molecule has 1 heterocycles. The Morgan fingerprint density at radius 1 is 0.810 bits per heavy atom. The number of hydrogen-bond donors (Lipinski definition) is 0. The summed E-state index contributed by atoms with van der Waals surface area (Å²) in [5.74, 6) is 0. The van der Waals surface area contributed by atoms with Gasteiger partial charge in [-0.1, -0.05) is 48.5 Å². The van der Waals surface area contributed by atoms with Crippen LogP contribution in [0.25, 0.3) is 21.5 Å². The van der Waals surface area contributed by atoms with E-state index >= 15 is 0 Å². The molecule has 0 saturated carbocycles. The van der Waals surface area contributed by atoms with Gasteiger partial charge in [-0.3, -0.25) is 0 Å². The Morgan fingerprint density at radius 2 is 1.43 bits per heavy atom. The molecule has 3 aromatic rings. The molecule has 1 radical (unpaired) electrons. The molecule has 0 N–H and O–H groups in total. The second-order valence-corrected chi connectivity index (χ2v) is 5.55. The lowest BCUT2D eigenvalue weighted by molar-refractivity contribution is 0.376. The fourth-order valence-electron chi connectivity index (χ4n) is 3.06. The van der Waals surface area contributed by atoms with E-state index in [1.54, 1.807) is 0 Å². The molecule has 0 bridgehead atoms. The van der Waals surface area contributed by atoms with Gasteiger partial charge in [0.15, 0.2) is 0 Å². The van der Waals surface area contributed by atoms with E-state index in [1.165, 1.54) is 27.1 Å². The summed E-state index contributed by atoms with van der Waals surface area (Å²) in [6, 6.07) is 19.6. The molecule has 21 heavy (non-hydrogen) atoms. The summed E-state index contributed by atoms with van der Waals surface area (Å²) in [7, 11) is 2.05. The van der Waals surface area contributed by atoms with Crippen molar-refractivity contribution in [3.8, 4) is 0 Å². The highest BCUT2D eigenvalue weighted by molar-refractivity contribution is 6.02. The first-order chi connectivity index (χ1) is 10.3. The van der Waals surface area contributed by atoms with Gasteiger partial charge in [0, 0.05) is 26.0 Å². The van der Waals surface area contributed by atoms with E-state index in [-0.39, 0.29) is 0 Å². The van der Waals surface area contributed by atoms with Crippen LogP contribution in [-0.4, -0.2) is 16.8 Å². The molecule has 0 aliphatic carbocycles. The van der Waals surface area contributed by atoms with Gasteiger partial charge in [0.25, 0.3) is 0 Å². The summed E-state index contributed by atoms with van der Waals surface area (Å²) in [6.07, 6.45) is 4.20. The van der Waals surface area contributed by atoms with Gasteiger partial charge in [-0.25, -0.2) is 0 Å². The average Bonchev–Trinajstić information content (AvgIpc) is 2.92. The highest BCUT2D eigenvalue weighted by Crippen LogP contribution is 2.30. The zero-order valence-corrected chi connectivity index (χ0v) is 12.0. The molecule has 2 nitrogen and oxygen atoms in total. The maximum atomic E-state index is 2.28. The molecule has 0 saturated heterocycles. The SMILES string of the molecule is CN1[CH]N(Cc2c3ccccc3cc3ccccc23)C=C1. The van der Waals surface area contributed by atoms with Crippen molar-refractivity contribution in [2.45, 2.75) is 6.54 Å². The topological polar surface area (TPSA) is 6.48 Å². The second-order valence-electron chi connectivity index (χ2n) is 5.55. The molecular formula is C19H17N2. The molecule has 0 unspecified atom stereocenters. The maximum Gasteiger partial charge on any atom is 0.141 e. The van der Waals surface area contributed by atoms with Crippen molar-refractivity contribution in [1.82, 2.24) is 9.80 Å². The number of fused-ring (bicyclic) bond motifs is 2. The molecule has 0 aromatic heterocycles. The molecule has 103 valence electrons. The van der Waals surface area contributed by atoms with E-state index in [9.17, 15) is 0 Å². The minimum Gasteiger partial charge on any atom is -0.356 e. The van der Waals surface area contributed by atoms with Crippen molar-refractivity contribution in [2.75, 3.05) is 7.05 Å². The van der Waals surface area contributed by atoms with Gasteiger partial charge in [-0.15, -0.1) is 0 Å². The van der Waals surface area contributed by atoms with E-state index in [0.717, 1.165) is 6.54 Å². The molecule has 1 aliphatic rings. The normalized spacial score (nSPS) is 14.5. The average molecular weight is 273 g/mol. The number of benzene rings is 3. The highest BCUT2D eigenvalue weighted by atomic mass is 15.3. The van der Waals surface area contributed by atoms with E-state index < -0.39 is 0 Å². The van der Waals surface area contributed by atoms with Crippen LogP contribution in [0.4, 0.5) is 0 Å². The first kappa shape index (κ1) is 12.3. The van der Waals surface area contributed by atoms with Gasteiger partial charge in [-0.05, 0) is 33.2 Å². The minimum atomic E-state index is 0.892. The zero-order valence-electron chi connectivity index (χ0n) is 12.0. The lowest BCUT2D eigenvalue weighted by atomic mass is 9.96. The summed E-state index contributed by atoms with van der Waals surface area (Å²) < 4.78 is 0. The molecule has 3 aromatic carbocycles. The number of hydrogen-bond acceptors (Lipinski definition) is 2. The van der Waals surface area contributed by atoms with Crippen molar-refractivity contribution in [1.29, 1.82) is 0 Å². The van der Waals surface area contributed by atoms with E-state index in [1.807, 2.05) is 0 Å². The largest absolute Gasteiger partial charge is 0.356 e. The highest BCUT2D eigenvalue weighted by Gasteiger charge is 2.14. The summed E-state index contributed by atoms with van der Waals surface area (Å²) in [5.41, 5.74) is 1.39. The van der Waals surface area contributed by atoms with Gasteiger partial charge in [0.1, 0.15) is 6.67 Å². The first-order valence-corrected chi connectivity index (χ1v) is 7.22. The van der Waals surface area contributed by atoms with Crippen molar-refractivity contribution in [3.63, 3.8) is 0 Å². The Morgan fingerprint density at radius 3 is 2.00 bits per heavy atom. The number of nitrogens with zero attached hydrogens (tertiary/aromatic N) is 2. The molecule has 0 spiro atoms. The molecule has 0 amide bonds. The van der Waals surface area contributed by atoms with Gasteiger partial charge >= 0.3 is 0 Å². The molecular weight excluding hydrogens is 256 g/mol. The van der Waals surface area contributed by atoms with Crippen molar-refractivity contribution in [2.24, 2.45) is 0 Å². The predicted octanol–water partition coefficient (Wildman–Crippen LogP) is 4.33. The van der Waals surface area contributed by atoms with E-state index in [2.05, 4.69) is 90.5 Å². The third kappa shape index (κ3) is 2.13. The third-order valence-electron chi connectivity index (χ3n) is 4.05. The maximum absolute atomic E-state index is 2.28. The van der Waals surface area contributed by atoms with Crippen LogP contribution >= 0.6 is 0 Å². The Labute approximate surface area is 124 Å². The molecule has 4 rings (SSSR count). The fraction of sp³-hybridized carbons (Fsp3) is 0.105. The van der Waals surface area contributed by atoms with Crippen molar-refractivity contribution in [3.05, 3.63) is 79.2 Å². The zero-order chi connectivity index (χ0) is 14.2. The third-order valence-corrected chi connectivity index (χ3v) is 4.05. The Hall–Kier alpha value is -2.48. The summed E-state index contributed by atoms with van der Waals surface area (Å²) in [4.78, 5) is 4.31. The lowest BCUT2D eigenvalue weighted by Crippen LogP contribution is -2.16. The molecule has 1 aliphatic heterocycles. The quantitative estimate of drug-likeness (QED) is 0.641. The van der Waals surface area contributed by atoms with Crippen LogP contribution in [0.2, 0.25) is 0 Å². The summed E-state index contributed by atoms with van der Waals surface area (Å²) in [6.45, 7) is 3.01. The summed E-state index contributed by atoms with van der Waals surface area (Å²) >= 11 is 0. The van der Waals surface area contributed by atoms with Crippen LogP contribution in [0.15, 0.2) is 67.0 Å². The molecule has 0 atom stereocenters. The van der Waals surface area contributed by atoms with Crippen LogP contribution in [-0.2, 0) is 6.54 Å². The molecule has 0 fully saturated rings. The second kappa shape index (κ2) is 4.81. The van der Waals surface area contributed by atoms with Crippen LogP contribution in [0.5, 0.6) is 0 Å². The van der Waals surface area contributed by atoms with Gasteiger partial charge < -0.3 is 9.80 Å². The minimum absolute atomic E-state index is 0.892. The van der Waals surface area contributed by atoms with Gasteiger partial charge in [-0.2, -0.15) is 0 Å². The Bertz CT molecular complexity index is 781. The Balaban J connectivity index is 1.92. The van der Waals surface area contributed by atoms with E-state index in [0.29, 0.717) is 0 Å². The van der Waals surface area contributed by atoms with Crippen LogP contribution in [0, 0.1) is 6.67 Å². The van der Waals surface area contributed by atoms with Gasteiger partial charge in [0.05, 0.1) is 0 Å². The predicted molar refractivity (Wildman–Crippen MR) is 88.2 cm³/mol. The summed E-state index contributed by atoms with van der Waals surface area (Å²) in [5, 5.41) is 5.30. The van der Waals surface area contributed by atoms with Crippen LogP contribution < -0.4 is 0 Å². The standard InChI is InChI=1S/C19H17N2/c1-20-10-11-21(14-20)13-19-17-8-4-2-6-15(17)12-16-7-3-5-9-18(16)19/h2-12,14H,13H2,1H3. The lowest BCUT2D eigenvalue weighted by Gasteiger charge is -2.20. The van der Waals surface area contributed by atoms with Crippen LogP contribution in [0.1, 0.15) is 5.56 Å². The van der Waals surface area contributed by atoms with Crippen molar-refractivity contribution >= 4 is 21.5 Å². The molecule has 2 heteroatoms. The smallest absolute Gasteiger partial charge is 0.141 e. The van der Waals surface area contributed by atoms with Crippen LogP contribution in [0.3, 0.4) is 0 Å². The van der Waals surface area contributed by atoms with Crippen molar-refractivity contribution < 1.29 is 0 Å². The fourth-order valence-corrected chi connectivity index (χ4v) is 3.06.